The number of aromatic amines is 1. The van der Waals surface area contributed by atoms with Crippen LogP contribution in [0.2, 0.25) is 0 Å². The van der Waals surface area contributed by atoms with Crippen molar-refractivity contribution >= 4 is 0 Å². The third kappa shape index (κ3) is 7.30. The second kappa shape index (κ2) is 9.92. The molecule has 1 rings (SSSR count). The fourth-order valence-electron chi connectivity index (χ4n) is 2.16. The lowest BCUT2D eigenvalue weighted by molar-refractivity contribution is -0.762. The molecule has 1 N–H and O–H groups in total. The van der Waals surface area contributed by atoms with Gasteiger partial charge in [0, 0.05) is 6.42 Å². The highest BCUT2D eigenvalue weighted by Gasteiger charge is 2.04. The zero-order valence-electron chi connectivity index (χ0n) is 11.6. The molecule has 0 saturated carbocycles. The molecule has 0 aliphatic heterocycles. The summed E-state index contributed by atoms with van der Waals surface area (Å²) in [5, 5.41) is 2.57. The number of nitrogens with zero attached hydrogens (tertiary/aromatic N) is 1. The van der Waals surface area contributed by atoms with Gasteiger partial charge in [-0.15, -0.1) is 0 Å². The van der Waals surface area contributed by atoms with Gasteiger partial charge >= 0.3 is 5.63 Å². The van der Waals surface area contributed by atoms with Crippen LogP contribution >= 0.6 is 0 Å². The van der Waals surface area contributed by atoms with E-state index in [1.165, 1.54) is 64.0 Å². The lowest BCUT2D eigenvalue weighted by atomic mass is 10.1. The second-order valence-corrected chi connectivity index (χ2v) is 5.02. The molecule has 18 heavy (non-hydrogen) atoms. The molecule has 4 nitrogen and oxygen atoms in total. The third-order valence-corrected chi connectivity index (χ3v) is 3.28. The van der Waals surface area contributed by atoms with Crippen LogP contribution in [-0.4, -0.2) is 5.27 Å². The first kappa shape index (κ1) is 15.0. The number of hydrogen-bond donors (Lipinski definition) is 1. The molecular formula is C14H27N2O2+. The number of nitrogens with one attached hydrogen (secondary N) is 1. The van der Waals surface area contributed by atoms with Gasteiger partial charge < -0.3 is 0 Å². The summed E-state index contributed by atoms with van der Waals surface area (Å²) in [6.45, 7) is 3.10. The summed E-state index contributed by atoms with van der Waals surface area (Å²) >= 11 is 0. The van der Waals surface area contributed by atoms with Gasteiger partial charge in [-0.25, -0.2) is 4.79 Å². The maximum absolute atomic E-state index is 10.8. The molecule has 0 aromatic carbocycles. The molecule has 0 unspecified atom stereocenters. The van der Waals surface area contributed by atoms with E-state index in [1.807, 2.05) is 0 Å². The van der Waals surface area contributed by atoms with Crippen LogP contribution in [0, 0.1) is 0 Å². The van der Waals surface area contributed by atoms with Crippen LogP contribution < -0.4 is 10.3 Å². The maximum atomic E-state index is 10.8. The standard InChI is InChI=1S/C14H26N2O2/c1-2-3-4-5-6-7-8-9-10-11-12-16-13-14(17)18-15-16/h13H,2-12H2,1H3/p+1. The summed E-state index contributed by atoms with van der Waals surface area (Å²) in [5.41, 5.74) is -0.304. The van der Waals surface area contributed by atoms with Gasteiger partial charge in [0.15, 0.2) is 6.54 Å². The lowest BCUT2D eigenvalue weighted by Crippen LogP contribution is -2.35. The minimum atomic E-state index is -0.304. The van der Waals surface area contributed by atoms with Crippen LogP contribution in [0.15, 0.2) is 15.5 Å². The molecular weight excluding hydrogens is 228 g/mol. The van der Waals surface area contributed by atoms with Crippen molar-refractivity contribution in [2.45, 2.75) is 77.7 Å². The molecule has 1 aromatic rings. The summed E-state index contributed by atoms with van der Waals surface area (Å²) in [6.07, 6.45) is 14.7. The molecule has 1 heterocycles. The van der Waals surface area contributed by atoms with Crippen molar-refractivity contribution < 1.29 is 9.20 Å². The highest BCUT2D eigenvalue weighted by Crippen LogP contribution is 2.10. The first-order valence-electron chi connectivity index (χ1n) is 7.41. The third-order valence-electron chi connectivity index (χ3n) is 3.28. The zero-order valence-corrected chi connectivity index (χ0v) is 11.6. The summed E-state index contributed by atoms with van der Waals surface area (Å²) in [5.74, 6) is 0. The monoisotopic (exact) mass is 255 g/mol. The molecule has 0 bridgehead atoms. The van der Waals surface area contributed by atoms with Gasteiger partial charge in [0.2, 0.25) is 0 Å². The van der Waals surface area contributed by atoms with E-state index in [-0.39, 0.29) is 5.63 Å². The van der Waals surface area contributed by atoms with E-state index < -0.39 is 0 Å². The van der Waals surface area contributed by atoms with E-state index in [2.05, 4.69) is 16.7 Å². The molecule has 0 fully saturated rings. The molecule has 0 atom stereocenters. The number of rotatable bonds is 11. The van der Waals surface area contributed by atoms with Gasteiger partial charge in [-0.05, 0) is 11.7 Å². The number of aromatic nitrogens is 2. The largest absolute Gasteiger partial charge is 0.426 e. The molecule has 1 aromatic heterocycles. The van der Waals surface area contributed by atoms with Crippen LogP contribution in [0.3, 0.4) is 0 Å². The Hall–Kier alpha value is -1.06. The maximum Gasteiger partial charge on any atom is 0.426 e. The van der Waals surface area contributed by atoms with Crippen LogP contribution in [0.25, 0.3) is 0 Å². The van der Waals surface area contributed by atoms with Crippen molar-refractivity contribution in [3.05, 3.63) is 16.6 Å². The van der Waals surface area contributed by atoms with Crippen LogP contribution in [0.5, 0.6) is 0 Å². The fourth-order valence-corrected chi connectivity index (χ4v) is 2.16. The SMILES string of the molecule is CCCCCCCCCCCC[n+]1cc(=O)o[nH]1. The Morgan fingerprint density at radius 1 is 1.00 bits per heavy atom. The summed E-state index contributed by atoms with van der Waals surface area (Å²) in [6, 6.07) is 0. The van der Waals surface area contributed by atoms with Gasteiger partial charge in [-0.2, -0.15) is 0 Å². The highest BCUT2D eigenvalue weighted by molar-refractivity contribution is 4.49. The van der Waals surface area contributed by atoms with E-state index in [0.29, 0.717) is 0 Å². The second-order valence-electron chi connectivity index (χ2n) is 5.02. The predicted molar refractivity (Wildman–Crippen MR) is 71.4 cm³/mol. The van der Waals surface area contributed by atoms with E-state index in [9.17, 15) is 4.79 Å². The summed E-state index contributed by atoms with van der Waals surface area (Å²) in [7, 11) is 0. The molecule has 0 aliphatic rings. The summed E-state index contributed by atoms with van der Waals surface area (Å²) < 4.78 is 6.30. The minimum Gasteiger partial charge on any atom is -0.284 e. The average molecular weight is 255 g/mol. The average Bonchev–Trinajstić information content (AvgIpc) is 2.77. The Morgan fingerprint density at radius 2 is 1.56 bits per heavy atom. The van der Waals surface area contributed by atoms with Crippen molar-refractivity contribution in [3.8, 4) is 0 Å². The molecule has 0 amide bonds. The van der Waals surface area contributed by atoms with Gasteiger partial charge in [-0.3, -0.25) is 4.52 Å². The van der Waals surface area contributed by atoms with Gasteiger partial charge in [0.1, 0.15) is 0 Å². The van der Waals surface area contributed by atoms with Crippen molar-refractivity contribution in [1.82, 2.24) is 5.27 Å². The van der Waals surface area contributed by atoms with Gasteiger partial charge in [-0.1, -0.05) is 63.0 Å². The molecule has 0 radical (unpaired) electrons. The normalized spacial score (nSPS) is 10.9. The number of H-pyrrole nitrogens is 1. The van der Waals surface area contributed by atoms with E-state index in [4.69, 9.17) is 0 Å². The Labute approximate surface area is 109 Å². The molecule has 4 heteroatoms. The van der Waals surface area contributed by atoms with Gasteiger partial charge in [0.25, 0.3) is 6.20 Å². The Bertz CT molecular complexity index is 344. The Balaban J connectivity index is 1.83. The molecule has 104 valence electrons. The van der Waals surface area contributed by atoms with E-state index in [0.717, 1.165) is 13.0 Å². The molecule has 0 saturated heterocycles. The van der Waals surface area contributed by atoms with Crippen LogP contribution in [0.1, 0.15) is 71.1 Å². The molecule has 0 spiro atoms. The van der Waals surface area contributed by atoms with Crippen molar-refractivity contribution in [2.75, 3.05) is 0 Å². The van der Waals surface area contributed by atoms with E-state index >= 15 is 0 Å². The smallest absolute Gasteiger partial charge is 0.284 e. The molecule has 0 aliphatic carbocycles. The first-order valence-corrected chi connectivity index (χ1v) is 7.41. The van der Waals surface area contributed by atoms with Gasteiger partial charge in [0.05, 0.1) is 0 Å². The van der Waals surface area contributed by atoms with Crippen LogP contribution in [0.4, 0.5) is 0 Å². The number of hydrogen-bond acceptors (Lipinski definition) is 2. The van der Waals surface area contributed by atoms with Crippen LogP contribution in [-0.2, 0) is 6.54 Å². The minimum absolute atomic E-state index is 0.304. The first-order chi connectivity index (χ1) is 8.83. The van der Waals surface area contributed by atoms with E-state index in [1.54, 1.807) is 4.68 Å². The lowest BCUT2D eigenvalue weighted by Gasteiger charge is -2.00. The number of aryl methyl sites for hydroxylation is 1. The fraction of sp³-hybridized carbons (Fsp3) is 0.857. The zero-order chi connectivity index (χ0) is 13.1. The quantitative estimate of drug-likeness (QED) is 0.487. The van der Waals surface area contributed by atoms with Crippen molar-refractivity contribution in [2.24, 2.45) is 0 Å². The number of unbranched alkanes of at least 4 members (excludes halogenated alkanes) is 9. The topological polar surface area (TPSA) is 49.9 Å². The summed E-state index contributed by atoms with van der Waals surface area (Å²) in [4.78, 5) is 10.8. The predicted octanol–water partition coefficient (Wildman–Crippen LogP) is 3.18. The van der Waals surface area contributed by atoms with Crippen molar-refractivity contribution in [1.29, 1.82) is 0 Å². The highest BCUT2D eigenvalue weighted by atomic mass is 16.5. The Kier molecular flexibility index (Phi) is 8.26. The Morgan fingerprint density at radius 3 is 2.06 bits per heavy atom. The van der Waals surface area contributed by atoms with Crippen molar-refractivity contribution in [3.63, 3.8) is 0 Å².